The summed E-state index contributed by atoms with van der Waals surface area (Å²) in [6.45, 7) is 0. The molecular weight excluding hydrogens is 659 g/mol. The zero-order chi connectivity index (χ0) is 34.4. The van der Waals surface area contributed by atoms with Crippen molar-refractivity contribution in [3.05, 3.63) is 165 Å². The van der Waals surface area contributed by atoms with Crippen LogP contribution < -0.4 is 4.90 Å². The van der Waals surface area contributed by atoms with Crippen molar-refractivity contribution in [1.82, 2.24) is 29.9 Å². The Morgan fingerprint density at radius 3 is 1.56 bits per heavy atom. The molecule has 0 radical (unpaired) electrons. The SMILES string of the molecule is c1cnc2ncc(-c3ccc(N(c4ccc(-c5cnc6ncccc6c5)cc4)c4ccc(-c5ncnc6sc7ccccc7c56)cc4)cc3)cc2c1. The number of fused-ring (bicyclic) bond motifs is 5. The summed E-state index contributed by atoms with van der Waals surface area (Å²) < 4.78 is 1.21. The Morgan fingerprint density at radius 2 is 0.981 bits per heavy atom. The summed E-state index contributed by atoms with van der Waals surface area (Å²) in [6, 6.07) is 46.6. The number of thiophene rings is 1. The maximum atomic E-state index is 4.77. The molecule has 0 N–H and O–H groups in total. The number of benzene rings is 4. The lowest BCUT2D eigenvalue weighted by Gasteiger charge is -2.26. The minimum Gasteiger partial charge on any atom is -0.311 e. The highest BCUT2D eigenvalue weighted by Gasteiger charge is 2.17. The molecular formula is C44H27N7S. The number of pyridine rings is 4. The van der Waals surface area contributed by atoms with Gasteiger partial charge in [0, 0.05) is 84.8 Å². The minimum atomic E-state index is 0.743. The van der Waals surface area contributed by atoms with Gasteiger partial charge >= 0.3 is 0 Å². The number of nitrogens with zero attached hydrogens (tertiary/aromatic N) is 7. The summed E-state index contributed by atoms with van der Waals surface area (Å²) in [5, 5.41) is 4.30. The highest BCUT2D eigenvalue weighted by Crippen LogP contribution is 2.40. The first-order valence-electron chi connectivity index (χ1n) is 16.9. The number of hydrogen-bond acceptors (Lipinski definition) is 8. The summed E-state index contributed by atoms with van der Waals surface area (Å²) in [7, 11) is 0. The van der Waals surface area contributed by atoms with Crippen molar-refractivity contribution in [2.24, 2.45) is 0 Å². The second-order valence-electron chi connectivity index (χ2n) is 12.5. The van der Waals surface area contributed by atoms with Gasteiger partial charge in [0.1, 0.15) is 11.2 Å². The average Bonchev–Trinajstić information content (AvgIpc) is 3.61. The van der Waals surface area contributed by atoms with Crippen molar-refractivity contribution in [2.75, 3.05) is 4.90 Å². The van der Waals surface area contributed by atoms with Crippen LogP contribution in [0.15, 0.2) is 165 Å². The summed E-state index contributed by atoms with van der Waals surface area (Å²) in [4.78, 5) is 30.6. The van der Waals surface area contributed by atoms with Gasteiger partial charge in [-0.25, -0.2) is 29.9 Å². The molecule has 0 bridgehead atoms. The Kier molecular flexibility index (Phi) is 7.18. The van der Waals surface area contributed by atoms with Crippen LogP contribution in [0.25, 0.3) is 75.9 Å². The standard InChI is InChI=1S/C44H27N7S/c1-2-8-39-38(7-1)40-41(49-27-50-44(40)52-39)30-13-19-37(20-14-30)51(35-15-9-28(10-16-35)33-23-31-5-3-21-45-42(31)47-25-33)36-17-11-29(12-18-36)34-24-32-6-4-22-46-43(32)48-26-34/h1-27H. The van der Waals surface area contributed by atoms with Crippen LogP contribution in [0, 0.1) is 0 Å². The van der Waals surface area contributed by atoms with Crippen LogP contribution in [0.1, 0.15) is 0 Å². The van der Waals surface area contributed by atoms with E-state index in [4.69, 9.17) is 4.98 Å². The molecule has 0 atom stereocenters. The topological polar surface area (TPSA) is 80.6 Å². The Bertz CT molecular complexity index is 2780. The van der Waals surface area contributed by atoms with Gasteiger partial charge in [-0.05, 0) is 90.0 Å². The molecule has 0 aliphatic carbocycles. The average molecular weight is 686 g/mol. The van der Waals surface area contributed by atoms with Crippen LogP contribution in [0.3, 0.4) is 0 Å². The molecule has 0 saturated heterocycles. The van der Waals surface area contributed by atoms with E-state index in [1.54, 1.807) is 30.1 Å². The molecule has 6 aromatic heterocycles. The highest BCUT2D eigenvalue weighted by atomic mass is 32.1. The fraction of sp³-hybridized carbons (Fsp3) is 0. The second-order valence-corrected chi connectivity index (χ2v) is 13.6. The largest absolute Gasteiger partial charge is 0.311 e. The van der Waals surface area contributed by atoms with Gasteiger partial charge in [-0.3, -0.25) is 0 Å². The maximum Gasteiger partial charge on any atom is 0.159 e. The third-order valence-electron chi connectivity index (χ3n) is 9.40. The Balaban J connectivity index is 1.04. The third kappa shape index (κ3) is 5.30. The molecule has 10 aromatic rings. The van der Waals surface area contributed by atoms with Crippen LogP contribution in [-0.4, -0.2) is 29.9 Å². The Morgan fingerprint density at radius 1 is 0.442 bits per heavy atom. The molecule has 8 heteroatoms. The molecule has 6 heterocycles. The lowest BCUT2D eigenvalue weighted by Crippen LogP contribution is -2.09. The lowest BCUT2D eigenvalue weighted by molar-refractivity contribution is 1.23. The second kappa shape index (κ2) is 12.5. The van der Waals surface area contributed by atoms with Gasteiger partial charge in [0.2, 0.25) is 0 Å². The predicted octanol–water partition coefficient (Wildman–Crippen LogP) is 11.2. The van der Waals surface area contributed by atoms with Crippen molar-refractivity contribution in [3.8, 4) is 33.5 Å². The predicted molar refractivity (Wildman–Crippen MR) is 212 cm³/mol. The third-order valence-corrected chi connectivity index (χ3v) is 10.5. The van der Waals surface area contributed by atoms with Gasteiger partial charge < -0.3 is 4.90 Å². The monoisotopic (exact) mass is 685 g/mol. The van der Waals surface area contributed by atoms with Crippen LogP contribution in [0.4, 0.5) is 17.1 Å². The summed E-state index contributed by atoms with van der Waals surface area (Å²) in [6.07, 6.45) is 8.98. The van der Waals surface area contributed by atoms with Crippen molar-refractivity contribution in [1.29, 1.82) is 0 Å². The maximum absolute atomic E-state index is 4.77. The van der Waals surface area contributed by atoms with Crippen LogP contribution >= 0.6 is 11.3 Å². The van der Waals surface area contributed by atoms with E-state index in [0.717, 1.165) is 82.9 Å². The molecule has 7 nitrogen and oxygen atoms in total. The zero-order valence-corrected chi connectivity index (χ0v) is 28.4. The lowest BCUT2D eigenvalue weighted by atomic mass is 10.0. The number of anilines is 3. The zero-order valence-electron chi connectivity index (χ0n) is 27.6. The van der Waals surface area contributed by atoms with E-state index < -0.39 is 0 Å². The summed E-state index contributed by atoms with van der Waals surface area (Å²) in [5.41, 5.74) is 10.8. The quantitative estimate of drug-likeness (QED) is 0.172. The first-order chi connectivity index (χ1) is 25.7. The molecule has 0 amide bonds. The molecule has 4 aromatic carbocycles. The first kappa shape index (κ1) is 30.0. The molecule has 0 spiro atoms. The van der Waals surface area contributed by atoms with Crippen molar-refractivity contribution >= 4 is 70.8 Å². The fourth-order valence-corrected chi connectivity index (χ4v) is 7.89. The van der Waals surface area contributed by atoms with E-state index in [0.29, 0.717) is 0 Å². The van der Waals surface area contributed by atoms with E-state index >= 15 is 0 Å². The van der Waals surface area contributed by atoms with Gasteiger partial charge in [0.05, 0.1) is 5.69 Å². The van der Waals surface area contributed by atoms with Crippen LogP contribution in [0.2, 0.25) is 0 Å². The fourth-order valence-electron chi connectivity index (χ4n) is 6.84. The molecule has 0 unspecified atom stereocenters. The van der Waals surface area contributed by atoms with E-state index in [-0.39, 0.29) is 0 Å². The van der Waals surface area contributed by atoms with Crippen LogP contribution in [0.5, 0.6) is 0 Å². The van der Waals surface area contributed by atoms with E-state index in [1.165, 1.54) is 10.1 Å². The van der Waals surface area contributed by atoms with Crippen molar-refractivity contribution in [2.45, 2.75) is 0 Å². The molecule has 10 rings (SSSR count). The van der Waals surface area contributed by atoms with Gasteiger partial charge in [-0.2, -0.15) is 0 Å². The van der Waals surface area contributed by atoms with E-state index in [1.807, 2.05) is 36.7 Å². The number of aromatic nitrogens is 6. The van der Waals surface area contributed by atoms with E-state index in [2.05, 4.69) is 139 Å². The molecule has 0 saturated carbocycles. The molecule has 0 aliphatic rings. The molecule has 0 fully saturated rings. The Labute approximate surface area is 302 Å². The van der Waals surface area contributed by atoms with Crippen molar-refractivity contribution in [3.63, 3.8) is 0 Å². The van der Waals surface area contributed by atoms with Crippen molar-refractivity contribution < 1.29 is 0 Å². The number of hydrogen-bond donors (Lipinski definition) is 0. The number of rotatable bonds is 6. The van der Waals surface area contributed by atoms with E-state index in [9.17, 15) is 0 Å². The van der Waals surface area contributed by atoms with Gasteiger partial charge in [0.25, 0.3) is 0 Å². The molecule has 0 aliphatic heterocycles. The summed E-state index contributed by atoms with van der Waals surface area (Å²) in [5.74, 6) is 0. The van der Waals surface area contributed by atoms with Crippen LogP contribution in [-0.2, 0) is 0 Å². The smallest absolute Gasteiger partial charge is 0.159 e. The normalized spacial score (nSPS) is 11.5. The van der Waals surface area contributed by atoms with Gasteiger partial charge in [0.15, 0.2) is 11.3 Å². The van der Waals surface area contributed by atoms with Gasteiger partial charge in [-0.1, -0.05) is 54.6 Å². The molecule has 52 heavy (non-hydrogen) atoms. The summed E-state index contributed by atoms with van der Waals surface area (Å²) >= 11 is 1.70. The molecule has 244 valence electrons. The Hall–Kier alpha value is -6.90. The highest BCUT2D eigenvalue weighted by molar-refractivity contribution is 7.25. The van der Waals surface area contributed by atoms with Gasteiger partial charge in [-0.15, -0.1) is 11.3 Å². The first-order valence-corrected chi connectivity index (χ1v) is 17.7. The minimum absolute atomic E-state index is 0.743.